The van der Waals surface area contributed by atoms with Crippen molar-refractivity contribution < 1.29 is 19.8 Å². The summed E-state index contributed by atoms with van der Waals surface area (Å²) in [5.74, 6) is -1.34. The van der Waals surface area contributed by atoms with Gasteiger partial charge in [0.2, 0.25) is 0 Å². The summed E-state index contributed by atoms with van der Waals surface area (Å²) in [6.45, 7) is 0. The molecule has 1 aromatic heterocycles. The van der Waals surface area contributed by atoms with Crippen molar-refractivity contribution in [1.82, 2.24) is 4.98 Å². The highest BCUT2D eigenvalue weighted by molar-refractivity contribution is 8.01. The number of fused-ring (bicyclic) bond motifs is 1. The molecule has 18 heavy (non-hydrogen) atoms. The molecule has 1 aliphatic rings. The minimum Gasteiger partial charge on any atom is -0.481 e. The van der Waals surface area contributed by atoms with Gasteiger partial charge in [-0.3, -0.25) is 9.59 Å². The van der Waals surface area contributed by atoms with Crippen molar-refractivity contribution in [2.75, 3.05) is 5.75 Å². The number of carbonyl (C=O) groups is 2. The van der Waals surface area contributed by atoms with Crippen molar-refractivity contribution in [2.24, 2.45) is 5.92 Å². The number of aryl methyl sites for hydroxylation is 1. The maximum Gasteiger partial charge on any atom is 0.306 e. The number of hydrogen-bond acceptors (Lipinski definition) is 5. The van der Waals surface area contributed by atoms with Crippen LogP contribution in [0.5, 0.6) is 0 Å². The highest BCUT2D eigenvalue weighted by Crippen LogP contribution is 2.34. The van der Waals surface area contributed by atoms with Crippen LogP contribution in [0.1, 0.15) is 23.4 Å². The summed E-state index contributed by atoms with van der Waals surface area (Å²) in [4.78, 5) is 26.8. The lowest BCUT2D eigenvalue weighted by atomic mass is 9.91. The summed E-state index contributed by atoms with van der Waals surface area (Å²) in [5.41, 5.74) is 0.996. The van der Waals surface area contributed by atoms with Crippen molar-refractivity contribution in [3.63, 3.8) is 0 Å². The van der Waals surface area contributed by atoms with Gasteiger partial charge in [0.25, 0.3) is 0 Å². The van der Waals surface area contributed by atoms with E-state index >= 15 is 0 Å². The number of carboxylic acid groups (broad SMARTS) is 2. The smallest absolute Gasteiger partial charge is 0.306 e. The van der Waals surface area contributed by atoms with Crippen molar-refractivity contribution in [1.29, 1.82) is 0 Å². The summed E-state index contributed by atoms with van der Waals surface area (Å²) in [7, 11) is 0. The van der Waals surface area contributed by atoms with Crippen LogP contribution < -0.4 is 0 Å². The van der Waals surface area contributed by atoms with Crippen LogP contribution in [0.2, 0.25) is 0 Å². The number of thioether (sulfide) groups is 1. The van der Waals surface area contributed by atoms with Gasteiger partial charge in [0.15, 0.2) is 0 Å². The molecule has 0 amide bonds. The quantitative estimate of drug-likeness (QED) is 0.804. The van der Waals surface area contributed by atoms with E-state index in [2.05, 4.69) is 4.98 Å². The van der Waals surface area contributed by atoms with Crippen LogP contribution in [-0.4, -0.2) is 32.9 Å². The average molecular weight is 287 g/mol. The van der Waals surface area contributed by atoms with Crippen LogP contribution in [0.3, 0.4) is 0 Å². The number of rotatable bonds is 5. The molecule has 5 nitrogen and oxygen atoms in total. The third kappa shape index (κ3) is 3.23. The lowest BCUT2D eigenvalue weighted by Gasteiger charge is -2.16. The molecule has 0 aliphatic heterocycles. The van der Waals surface area contributed by atoms with E-state index in [4.69, 9.17) is 10.2 Å². The van der Waals surface area contributed by atoms with Gasteiger partial charge in [-0.05, 0) is 19.3 Å². The molecule has 2 N–H and O–H groups in total. The maximum atomic E-state index is 10.9. The van der Waals surface area contributed by atoms with Crippen LogP contribution in [0.25, 0.3) is 0 Å². The van der Waals surface area contributed by atoms with Crippen molar-refractivity contribution >= 4 is 35.0 Å². The minimum atomic E-state index is -0.810. The summed E-state index contributed by atoms with van der Waals surface area (Å²) in [5, 5.41) is 17.5. The first-order valence-corrected chi connectivity index (χ1v) is 7.42. The molecule has 0 unspecified atom stereocenters. The molecule has 1 heterocycles. The third-order valence-corrected chi connectivity index (χ3v) is 5.08. The van der Waals surface area contributed by atoms with E-state index in [0.29, 0.717) is 25.0 Å². The van der Waals surface area contributed by atoms with Crippen LogP contribution in [0, 0.1) is 5.92 Å². The zero-order valence-corrected chi connectivity index (χ0v) is 11.2. The van der Waals surface area contributed by atoms with Gasteiger partial charge in [0.05, 0.1) is 18.0 Å². The predicted octanol–water partition coefficient (Wildman–Crippen LogP) is 1.90. The number of thiazole rings is 1. The van der Waals surface area contributed by atoms with Crippen molar-refractivity contribution in [2.45, 2.75) is 30.0 Å². The topological polar surface area (TPSA) is 87.5 Å². The molecule has 98 valence electrons. The normalized spacial score (nSPS) is 18.3. The molecule has 7 heteroatoms. The van der Waals surface area contributed by atoms with Gasteiger partial charge in [-0.1, -0.05) is 11.8 Å². The monoisotopic (exact) mass is 287 g/mol. The average Bonchev–Trinajstić information content (AvgIpc) is 2.69. The highest BCUT2D eigenvalue weighted by atomic mass is 32.2. The fourth-order valence-corrected chi connectivity index (χ4v) is 4.18. The Morgan fingerprint density at radius 1 is 1.44 bits per heavy atom. The zero-order valence-electron chi connectivity index (χ0n) is 9.59. The standard InChI is InChI=1S/C11H13NO4S2/c13-9(14)3-4-17-11-12-7-2-1-6(10(15)16)5-8(7)18-11/h6H,1-5H2,(H,13,14)(H,15,16)/t6-/m0/s1. The number of carboxylic acids is 2. The fourth-order valence-electron chi connectivity index (χ4n) is 1.85. The number of aromatic nitrogens is 1. The Kier molecular flexibility index (Phi) is 4.23. The highest BCUT2D eigenvalue weighted by Gasteiger charge is 2.27. The molecule has 0 aromatic carbocycles. The molecule has 1 aromatic rings. The summed E-state index contributed by atoms with van der Waals surface area (Å²) >= 11 is 2.93. The van der Waals surface area contributed by atoms with E-state index in [0.717, 1.165) is 14.9 Å². The second kappa shape index (κ2) is 5.71. The molecule has 0 radical (unpaired) electrons. The predicted molar refractivity (Wildman–Crippen MR) is 68.2 cm³/mol. The fraction of sp³-hybridized carbons (Fsp3) is 0.545. The molecule has 1 atom stereocenters. The summed E-state index contributed by atoms with van der Waals surface area (Å²) in [6, 6.07) is 0. The Morgan fingerprint density at radius 2 is 2.22 bits per heavy atom. The lowest BCUT2D eigenvalue weighted by molar-refractivity contribution is -0.142. The zero-order chi connectivity index (χ0) is 13.1. The Morgan fingerprint density at radius 3 is 2.89 bits per heavy atom. The SMILES string of the molecule is O=C(O)CCSc1nc2c(s1)C[C@@H](C(=O)O)CC2. The Balaban J connectivity index is 1.97. The molecule has 1 aliphatic carbocycles. The van der Waals surface area contributed by atoms with Gasteiger partial charge in [0, 0.05) is 10.6 Å². The van der Waals surface area contributed by atoms with Crippen LogP contribution in [-0.2, 0) is 22.4 Å². The van der Waals surface area contributed by atoms with E-state index in [1.54, 1.807) is 0 Å². The minimum absolute atomic E-state index is 0.118. The number of nitrogens with zero attached hydrogens (tertiary/aromatic N) is 1. The van der Waals surface area contributed by atoms with Crippen LogP contribution >= 0.6 is 23.1 Å². The lowest BCUT2D eigenvalue weighted by Crippen LogP contribution is -2.21. The van der Waals surface area contributed by atoms with E-state index in [1.165, 1.54) is 23.1 Å². The molecule has 0 saturated carbocycles. The van der Waals surface area contributed by atoms with Crippen LogP contribution in [0.4, 0.5) is 0 Å². The largest absolute Gasteiger partial charge is 0.481 e. The molecule has 2 rings (SSSR count). The van der Waals surface area contributed by atoms with Gasteiger partial charge >= 0.3 is 11.9 Å². The van der Waals surface area contributed by atoms with Gasteiger partial charge in [0.1, 0.15) is 4.34 Å². The Hall–Kier alpha value is -1.08. The summed E-state index contributed by atoms with van der Waals surface area (Å²) < 4.78 is 0.854. The molecule has 0 bridgehead atoms. The molecule has 0 saturated heterocycles. The molecular weight excluding hydrogens is 274 g/mol. The number of hydrogen-bond donors (Lipinski definition) is 2. The molecule has 0 spiro atoms. The Labute approximate surface area is 112 Å². The van der Waals surface area contributed by atoms with E-state index in [9.17, 15) is 9.59 Å². The van der Waals surface area contributed by atoms with Gasteiger partial charge in [-0.25, -0.2) is 4.98 Å². The van der Waals surface area contributed by atoms with E-state index in [1.807, 2.05) is 0 Å². The van der Waals surface area contributed by atoms with Crippen LogP contribution in [0.15, 0.2) is 4.34 Å². The van der Waals surface area contributed by atoms with Gasteiger partial charge in [-0.2, -0.15) is 0 Å². The van der Waals surface area contributed by atoms with Crippen molar-refractivity contribution in [3.05, 3.63) is 10.6 Å². The third-order valence-electron chi connectivity index (χ3n) is 2.81. The first-order chi connectivity index (χ1) is 8.56. The first-order valence-electron chi connectivity index (χ1n) is 5.62. The van der Waals surface area contributed by atoms with E-state index in [-0.39, 0.29) is 12.3 Å². The van der Waals surface area contributed by atoms with Gasteiger partial charge < -0.3 is 10.2 Å². The second-order valence-electron chi connectivity index (χ2n) is 4.12. The van der Waals surface area contributed by atoms with Gasteiger partial charge in [-0.15, -0.1) is 11.3 Å². The van der Waals surface area contributed by atoms with E-state index < -0.39 is 11.9 Å². The molecule has 0 fully saturated rings. The maximum absolute atomic E-state index is 10.9. The Bertz CT molecular complexity index is 472. The molecular formula is C11H13NO4S2. The first kappa shape index (κ1) is 13.4. The second-order valence-corrected chi connectivity index (χ2v) is 6.55. The summed E-state index contributed by atoms with van der Waals surface area (Å²) in [6.07, 6.45) is 2.03. The number of aliphatic carboxylic acids is 2. The van der Waals surface area contributed by atoms with Crippen molar-refractivity contribution in [3.8, 4) is 0 Å².